The first-order chi connectivity index (χ1) is 8.15. The van der Waals surface area contributed by atoms with E-state index in [2.05, 4.69) is 10.5 Å². The maximum absolute atomic E-state index is 8.46. The SMILES string of the molecule is CCOc1ccc(NC(C)CC(N)=NO)cc1. The fraction of sp³-hybridized carbons (Fsp3) is 0.417. The number of benzene rings is 1. The zero-order chi connectivity index (χ0) is 12.7. The van der Waals surface area contributed by atoms with Gasteiger partial charge in [-0.25, -0.2) is 0 Å². The molecule has 5 heteroatoms. The Morgan fingerprint density at radius 3 is 2.65 bits per heavy atom. The molecule has 1 aromatic rings. The Labute approximate surface area is 101 Å². The van der Waals surface area contributed by atoms with Crippen molar-refractivity contribution in [1.82, 2.24) is 0 Å². The summed E-state index contributed by atoms with van der Waals surface area (Å²) in [4.78, 5) is 0. The third kappa shape index (κ3) is 4.63. The summed E-state index contributed by atoms with van der Waals surface area (Å²) in [5.74, 6) is 1.07. The maximum atomic E-state index is 8.46. The van der Waals surface area contributed by atoms with Crippen LogP contribution in [0.4, 0.5) is 5.69 Å². The van der Waals surface area contributed by atoms with E-state index in [4.69, 9.17) is 15.7 Å². The largest absolute Gasteiger partial charge is 0.494 e. The Balaban J connectivity index is 2.51. The van der Waals surface area contributed by atoms with Crippen LogP contribution in [0.15, 0.2) is 29.4 Å². The average molecular weight is 237 g/mol. The van der Waals surface area contributed by atoms with Crippen molar-refractivity contribution in [3.8, 4) is 5.75 Å². The van der Waals surface area contributed by atoms with E-state index in [1.54, 1.807) is 0 Å². The van der Waals surface area contributed by atoms with Crippen molar-refractivity contribution in [3.63, 3.8) is 0 Å². The Kier molecular flexibility index (Phi) is 5.13. The monoisotopic (exact) mass is 237 g/mol. The van der Waals surface area contributed by atoms with E-state index in [9.17, 15) is 0 Å². The number of nitrogens with two attached hydrogens (primary N) is 1. The number of oxime groups is 1. The number of rotatable bonds is 6. The van der Waals surface area contributed by atoms with Crippen LogP contribution in [0.2, 0.25) is 0 Å². The van der Waals surface area contributed by atoms with E-state index in [1.807, 2.05) is 38.1 Å². The van der Waals surface area contributed by atoms with Crippen LogP contribution in [0.1, 0.15) is 20.3 Å². The van der Waals surface area contributed by atoms with Gasteiger partial charge in [0.1, 0.15) is 11.6 Å². The average Bonchev–Trinajstić information content (AvgIpc) is 2.31. The fourth-order valence-corrected chi connectivity index (χ4v) is 1.50. The molecule has 0 bridgehead atoms. The van der Waals surface area contributed by atoms with Crippen LogP contribution in [0.5, 0.6) is 5.75 Å². The second-order valence-corrected chi connectivity index (χ2v) is 3.80. The van der Waals surface area contributed by atoms with Crippen LogP contribution in [-0.4, -0.2) is 23.7 Å². The second kappa shape index (κ2) is 6.62. The predicted octanol–water partition coefficient (Wildman–Crippen LogP) is 2.02. The predicted molar refractivity (Wildman–Crippen MR) is 68.7 cm³/mol. The van der Waals surface area contributed by atoms with Crippen LogP contribution in [0.3, 0.4) is 0 Å². The Bertz CT molecular complexity index is 363. The summed E-state index contributed by atoms with van der Waals surface area (Å²) < 4.78 is 5.35. The van der Waals surface area contributed by atoms with Crippen LogP contribution >= 0.6 is 0 Å². The first-order valence-corrected chi connectivity index (χ1v) is 5.61. The van der Waals surface area contributed by atoms with Crippen molar-refractivity contribution in [2.24, 2.45) is 10.9 Å². The van der Waals surface area contributed by atoms with E-state index in [0.717, 1.165) is 11.4 Å². The topological polar surface area (TPSA) is 79.9 Å². The lowest BCUT2D eigenvalue weighted by atomic mass is 10.2. The molecule has 0 aromatic heterocycles. The second-order valence-electron chi connectivity index (χ2n) is 3.80. The molecule has 0 heterocycles. The minimum atomic E-state index is 0.101. The third-order valence-corrected chi connectivity index (χ3v) is 2.22. The van der Waals surface area contributed by atoms with Gasteiger partial charge in [-0.15, -0.1) is 0 Å². The summed E-state index contributed by atoms with van der Waals surface area (Å²) in [6.07, 6.45) is 0.490. The molecule has 0 saturated carbocycles. The highest BCUT2D eigenvalue weighted by atomic mass is 16.5. The first kappa shape index (κ1) is 13.2. The van der Waals surface area contributed by atoms with Gasteiger partial charge in [-0.3, -0.25) is 0 Å². The summed E-state index contributed by atoms with van der Waals surface area (Å²) in [5.41, 5.74) is 6.41. The van der Waals surface area contributed by atoms with Crippen molar-refractivity contribution in [1.29, 1.82) is 0 Å². The minimum Gasteiger partial charge on any atom is -0.494 e. The summed E-state index contributed by atoms with van der Waals surface area (Å²) >= 11 is 0. The molecule has 0 aliphatic heterocycles. The Morgan fingerprint density at radius 2 is 2.12 bits per heavy atom. The van der Waals surface area contributed by atoms with Crippen LogP contribution in [0.25, 0.3) is 0 Å². The highest BCUT2D eigenvalue weighted by Gasteiger charge is 2.04. The molecule has 1 unspecified atom stereocenters. The van der Waals surface area contributed by atoms with Gasteiger partial charge in [-0.1, -0.05) is 5.16 Å². The normalized spacial score (nSPS) is 13.2. The quantitative estimate of drug-likeness (QED) is 0.306. The number of amidine groups is 1. The molecule has 17 heavy (non-hydrogen) atoms. The van der Waals surface area contributed by atoms with E-state index in [1.165, 1.54) is 0 Å². The lowest BCUT2D eigenvalue weighted by Crippen LogP contribution is -2.24. The molecule has 1 atom stereocenters. The summed E-state index contributed by atoms with van der Waals surface area (Å²) in [6.45, 7) is 4.58. The van der Waals surface area contributed by atoms with Crippen molar-refractivity contribution >= 4 is 11.5 Å². The zero-order valence-corrected chi connectivity index (χ0v) is 10.2. The molecule has 94 valence electrons. The molecular weight excluding hydrogens is 218 g/mol. The molecule has 5 nitrogen and oxygen atoms in total. The van der Waals surface area contributed by atoms with E-state index in [-0.39, 0.29) is 11.9 Å². The molecule has 0 fully saturated rings. The number of nitrogens with one attached hydrogen (secondary N) is 1. The molecule has 0 aliphatic carbocycles. The molecule has 1 aromatic carbocycles. The molecule has 0 saturated heterocycles. The van der Waals surface area contributed by atoms with Gasteiger partial charge in [0, 0.05) is 18.2 Å². The van der Waals surface area contributed by atoms with Crippen LogP contribution in [-0.2, 0) is 0 Å². The lowest BCUT2D eigenvalue weighted by molar-refractivity contribution is 0.316. The van der Waals surface area contributed by atoms with Gasteiger partial charge >= 0.3 is 0 Å². The third-order valence-electron chi connectivity index (χ3n) is 2.22. The summed E-state index contributed by atoms with van der Waals surface area (Å²) in [6, 6.07) is 7.79. The number of ether oxygens (including phenoxy) is 1. The van der Waals surface area contributed by atoms with Gasteiger partial charge in [0.2, 0.25) is 0 Å². The van der Waals surface area contributed by atoms with E-state index in [0.29, 0.717) is 13.0 Å². The van der Waals surface area contributed by atoms with Crippen molar-refractivity contribution in [2.45, 2.75) is 26.3 Å². The van der Waals surface area contributed by atoms with E-state index >= 15 is 0 Å². The number of hydrogen-bond donors (Lipinski definition) is 3. The van der Waals surface area contributed by atoms with Gasteiger partial charge < -0.3 is 21.0 Å². The molecule has 0 amide bonds. The van der Waals surface area contributed by atoms with Crippen LogP contribution < -0.4 is 15.8 Å². The number of anilines is 1. The maximum Gasteiger partial charge on any atom is 0.141 e. The van der Waals surface area contributed by atoms with Crippen molar-refractivity contribution in [3.05, 3.63) is 24.3 Å². The smallest absolute Gasteiger partial charge is 0.141 e. The van der Waals surface area contributed by atoms with Crippen molar-refractivity contribution < 1.29 is 9.94 Å². The molecule has 4 N–H and O–H groups in total. The highest BCUT2D eigenvalue weighted by molar-refractivity contribution is 5.80. The summed E-state index contributed by atoms with van der Waals surface area (Å²) in [7, 11) is 0. The first-order valence-electron chi connectivity index (χ1n) is 5.61. The summed E-state index contributed by atoms with van der Waals surface area (Å²) in [5, 5.41) is 14.7. The standard InChI is InChI=1S/C12H19N3O2/c1-3-17-11-6-4-10(5-7-11)14-9(2)8-12(13)15-16/h4-7,9,14,16H,3,8H2,1-2H3,(H2,13,15). The van der Waals surface area contributed by atoms with Gasteiger partial charge in [0.15, 0.2) is 0 Å². The van der Waals surface area contributed by atoms with E-state index < -0.39 is 0 Å². The van der Waals surface area contributed by atoms with Crippen LogP contribution in [0, 0.1) is 0 Å². The number of nitrogens with zero attached hydrogens (tertiary/aromatic N) is 1. The minimum absolute atomic E-state index is 0.101. The van der Waals surface area contributed by atoms with Gasteiger partial charge in [0.05, 0.1) is 6.61 Å². The number of hydrogen-bond acceptors (Lipinski definition) is 4. The Morgan fingerprint density at radius 1 is 1.47 bits per heavy atom. The Hall–Kier alpha value is -1.91. The molecule has 0 aliphatic rings. The highest BCUT2D eigenvalue weighted by Crippen LogP contribution is 2.16. The van der Waals surface area contributed by atoms with Gasteiger partial charge in [-0.05, 0) is 38.1 Å². The molecule has 0 spiro atoms. The lowest BCUT2D eigenvalue weighted by Gasteiger charge is -2.14. The molecule has 0 radical (unpaired) electrons. The van der Waals surface area contributed by atoms with Crippen molar-refractivity contribution in [2.75, 3.05) is 11.9 Å². The molecule has 1 rings (SSSR count). The van der Waals surface area contributed by atoms with Gasteiger partial charge in [0.25, 0.3) is 0 Å². The molecular formula is C12H19N3O2. The van der Waals surface area contributed by atoms with Gasteiger partial charge in [-0.2, -0.15) is 0 Å². The zero-order valence-electron chi connectivity index (χ0n) is 10.2. The fourth-order valence-electron chi connectivity index (χ4n) is 1.50.